The fraction of sp³-hybridized carbons (Fsp3) is 0.458. The molecule has 2 aromatic heterocycles. The quantitative estimate of drug-likeness (QED) is 0.707. The smallest absolute Gasteiger partial charge is 0.291 e. The van der Waals surface area contributed by atoms with Crippen LogP contribution < -0.4 is 10.2 Å². The number of aromatic nitrogens is 3. The highest BCUT2D eigenvalue weighted by Crippen LogP contribution is 2.44. The summed E-state index contributed by atoms with van der Waals surface area (Å²) in [6.07, 6.45) is 3.11. The molecule has 1 saturated carbocycles. The van der Waals surface area contributed by atoms with Gasteiger partial charge >= 0.3 is 0 Å². The monoisotopic (exact) mass is 417 g/mol. The van der Waals surface area contributed by atoms with E-state index in [0.717, 1.165) is 49.6 Å². The number of nitrogens with one attached hydrogen (secondary N) is 1. The van der Waals surface area contributed by atoms with Crippen LogP contribution in [0.1, 0.15) is 35.1 Å². The molecule has 31 heavy (non-hydrogen) atoms. The number of hydrogen-bond donors (Lipinski definition) is 1. The maximum Gasteiger partial charge on any atom is 0.291 e. The van der Waals surface area contributed by atoms with Crippen LogP contribution in [0.2, 0.25) is 0 Å². The maximum atomic E-state index is 12.7. The van der Waals surface area contributed by atoms with E-state index in [1.54, 1.807) is 4.52 Å². The summed E-state index contributed by atoms with van der Waals surface area (Å²) in [6, 6.07) is 13.1. The van der Waals surface area contributed by atoms with Crippen LogP contribution in [-0.2, 0) is 10.2 Å². The van der Waals surface area contributed by atoms with Crippen molar-refractivity contribution in [3.05, 3.63) is 59.5 Å². The van der Waals surface area contributed by atoms with Gasteiger partial charge < -0.3 is 15.0 Å². The van der Waals surface area contributed by atoms with Crippen molar-refractivity contribution in [2.45, 2.75) is 31.7 Å². The Morgan fingerprint density at radius 3 is 2.77 bits per heavy atom. The number of carbonyl (C=O) groups excluding carboxylic acids is 1. The Hall–Kier alpha value is -2.93. The van der Waals surface area contributed by atoms with E-state index < -0.39 is 0 Å². The topological polar surface area (TPSA) is 71.8 Å². The number of nitrogens with zero attached hydrogens (tertiary/aromatic N) is 4. The third-order valence-corrected chi connectivity index (χ3v) is 7.37. The number of carbonyl (C=O) groups is 1. The molecule has 2 unspecified atom stereocenters. The Morgan fingerprint density at radius 1 is 1.23 bits per heavy atom. The molecule has 3 aromatic rings. The number of hydrogen-bond acceptors (Lipinski definition) is 5. The molecule has 2 aliphatic heterocycles. The molecule has 1 aromatic carbocycles. The van der Waals surface area contributed by atoms with Gasteiger partial charge in [0.25, 0.3) is 5.91 Å². The Morgan fingerprint density at radius 2 is 2.00 bits per heavy atom. The molecular formula is C24H27N5O2. The minimum Gasteiger partial charge on any atom is -0.381 e. The molecule has 1 amide bonds. The highest BCUT2D eigenvalue weighted by atomic mass is 16.5. The van der Waals surface area contributed by atoms with Crippen LogP contribution in [0.15, 0.2) is 42.6 Å². The van der Waals surface area contributed by atoms with Gasteiger partial charge in [-0.25, -0.2) is 9.50 Å². The van der Waals surface area contributed by atoms with E-state index in [2.05, 4.69) is 63.6 Å². The molecular weight excluding hydrogens is 390 g/mol. The second kappa shape index (κ2) is 6.79. The Labute approximate surface area is 181 Å². The number of benzene rings is 1. The van der Waals surface area contributed by atoms with Crippen LogP contribution in [0, 0.1) is 18.8 Å². The van der Waals surface area contributed by atoms with Crippen molar-refractivity contribution in [3.8, 4) is 0 Å². The van der Waals surface area contributed by atoms with Gasteiger partial charge in [-0.05, 0) is 30.5 Å². The lowest BCUT2D eigenvalue weighted by molar-refractivity contribution is 0.0919. The SMILES string of the molecule is Cc1cc(N2CC[C@](C)(c3ccccc3)C2)cn2nc(C(=O)NC3C4COCC43)nc12. The summed E-state index contributed by atoms with van der Waals surface area (Å²) >= 11 is 0. The van der Waals surface area contributed by atoms with E-state index in [4.69, 9.17) is 4.74 Å². The number of pyridine rings is 1. The van der Waals surface area contributed by atoms with Gasteiger partial charge in [0, 0.05) is 36.4 Å². The molecule has 1 N–H and O–H groups in total. The fourth-order valence-electron chi connectivity index (χ4n) is 5.33. The van der Waals surface area contributed by atoms with Gasteiger partial charge in [0.1, 0.15) is 0 Å². The fourth-order valence-corrected chi connectivity index (χ4v) is 5.33. The van der Waals surface area contributed by atoms with Crippen LogP contribution in [0.4, 0.5) is 5.69 Å². The van der Waals surface area contributed by atoms with Gasteiger partial charge in [-0.15, -0.1) is 5.10 Å². The van der Waals surface area contributed by atoms with Crippen molar-refractivity contribution >= 4 is 17.2 Å². The lowest BCUT2D eigenvalue weighted by Gasteiger charge is -2.26. The summed E-state index contributed by atoms with van der Waals surface area (Å²) in [5.41, 5.74) is 4.39. The van der Waals surface area contributed by atoms with Gasteiger partial charge in [-0.1, -0.05) is 37.3 Å². The summed E-state index contributed by atoms with van der Waals surface area (Å²) in [5.74, 6) is 0.968. The van der Waals surface area contributed by atoms with Crippen LogP contribution in [0.25, 0.3) is 5.65 Å². The van der Waals surface area contributed by atoms with E-state index in [0.29, 0.717) is 11.8 Å². The molecule has 6 rings (SSSR count). The zero-order chi connectivity index (χ0) is 21.2. The zero-order valence-electron chi connectivity index (χ0n) is 17.9. The van der Waals surface area contributed by atoms with Gasteiger partial charge in [-0.2, -0.15) is 0 Å². The number of fused-ring (bicyclic) bond motifs is 2. The number of rotatable bonds is 4. The molecule has 1 aliphatic carbocycles. The zero-order valence-corrected chi connectivity index (χ0v) is 17.9. The average Bonchev–Trinajstić information content (AvgIpc) is 3.25. The summed E-state index contributed by atoms with van der Waals surface area (Å²) in [6.45, 7) is 7.80. The lowest BCUT2D eigenvalue weighted by Crippen LogP contribution is -2.30. The van der Waals surface area contributed by atoms with Gasteiger partial charge in [-0.3, -0.25) is 4.79 Å². The van der Waals surface area contributed by atoms with Gasteiger partial charge in [0.2, 0.25) is 5.82 Å². The maximum absolute atomic E-state index is 12.7. The van der Waals surface area contributed by atoms with Crippen molar-refractivity contribution in [2.24, 2.45) is 11.8 Å². The summed E-state index contributed by atoms with van der Waals surface area (Å²) in [4.78, 5) is 19.6. The number of anilines is 1. The average molecular weight is 418 g/mol. The minimum absolute atomic E-state index is 0.129. The Balaban J connectivity index is 1.23. The Kier molecular flexibility index (Phi) is 4.12. The van der Waals surface area contributed by atoms with Crippen LogP contribution in [0.5, 0.6) is 0 Å². The molecule has 3 fully saturated rings. The first-order chi connectivity index (χ1) is 15.0. The standard InChI is InChI=1S/C24H27N5O2/c1-15-10-17(28-9-8-24(2,14-28)16-6-4-3-5-7-16)11-29-22(15)26-21(27-29)23(30)25-20-18-12-31-13-19(18)20/h3-7,10-11,18-20H,8-9,12-14H2,1-2H3,(H,25,30)/t18?,19?,20?,24-/m0/s1. The van der Waals surface area contributed by atoms with Crippen LogP contribution in [0.3, 0.4) is 0 Å². The molecule has 7 nitrogen and oxygen atoms in total. The number of ether oxygens (including phenoxy) is 1. The van der Waals surface area contributed by atoms with Gasteiger partial charge in [0.05, 0.1) is 25.1 Å². The molecule has 4 heterocycles. The molecule has 0 radical (unpaired) electrons. The molecule has 3 aliphatic rings. The summed E-state index contributed by atoms with van der Waals surface area (Å²) < 4.78 is 7.16. The van der Waals surface area contributed by atoms with Crippen LogP contribution in [-0.4, -0.2) is 52.9 Å². The highest BCUT2D eigenvalue weighted by molar-refractivity contribution is 5.91. The van der Waals surface area contributed by atoms with Crippen molar-refractivity contribution in [3.63, 3.8) is 0 Å². The summed E-state index contributed by atoms with van der Waals surface area (Å²) in [5, 5.41) is 7.59. The third-order valence-electron chi connectivity index (χ3n) is 7.37. The van der Waals surface area contributed by atoms with E-state index in [9.17, 15) is 4.79 Å². The van der Waals surface area contributed by atoms with Crippen molar-refractivity contribution in [1.29, 1.82) is 0 Å². The molecule has 2 saturated heterocycles. The molecule has 0 bridgehead atoms. The first kappa shape index (κ1) is 18.8. The summed E-state index contributed by atoms with van der Waals surface area (Å²) in [7, 11) is 0. The predicted molar refractivity (Wildman–Crippen MR) is 117 cm³/mol. The number of amides is 1. The normalized spacial score (nSPS) is 29.4. The van der Waals surface area contributed by atoms with E-state index in [-0.39, 0.29) is 23.2 Å². The second-order valence-electron chi connectivity index (χ2n) is 9.55. The first-order valence-corrected chi connectivity index (χ1v) is 11.1. The molecule has 7 heteroatoms. The Bertz CT molecular complexity index is 1150. The van der Waals surface area contributed by atoms with Crippen LogP contribution >= 0.6 is 0 Å². The molecule has 0 spiro atoms. The van der Waals surface area contributed by atoms with Gasteiger partial charge in [0.15, 0.2) is 5.65 Å². The number of aryl methyl sites for hydroxylation is 1. The van der Waals surface area contributed by atoms with Crippen molar-refractivity contribution < 1.29 is 9.53 Å². The predicted octanol–water partition coefficient (Wildman–Crippen LogP) is 2.58. The van der Waals surface area contributed by atoms with E-state index >= 15 is 0 Å². The van der Waals surface area contributed by atoms with Crippen molar-refractivity contribution in [2.75, 3.05) is 31.2 Å². The first-order valence-electron chi connectivity index (χ1n) is 11.1. The van der Waals surface area contributed by atoms with E-state index in [1.165, 1.54) is 5.56 Å². The van der Waals surface area contributed by atoms with E-state index in [1.807, 2.05) is 13.1 Å². The third kappa shape index (κ3) is 3.10. The molecule has 160 valence electrons. The van der Waals surface area contributed by atoms with Crippen molar-refractivity contribution in [1.82, 2.24) is 19.9 Å². The molecule has 3 atom stereocenters. The lowest BCUT2D eigenvalue weighted by atomic mass is 9.82. The minimum atomic E-state index is -0.193. The second-order valence-corrected chi connectivity index (χ2v) is 9.55. The largest absolute Gasteiger partial charge is 0.381 e. The highest BCUT2D eigenvalue weighted by Gasteiger charge is 2.55.